The molecular formula is C25H36F2N2O4. The van der Waals surface area contributed by atoms with Crippen LogP contribution in [-0.4, -0.2) is 33.1 Å². The van der Waals surface area contributed by atoms with Crippen LogP contribution < -0.4 is 11.1 Å². The normalized spacial score (nSPS) is 13.9. The van der Waals surface area contributed by atoms with Crippen molar-refractivity contribution in [2.45, 2.75) is 77.4 Å². The summed E-state index contributed by atoms with van der Waals surface area (Å²) in [7, 11) is 0. The van der Waals surface area contributed by atoms with Gasteiger partial charge < -0.3 is 26.0 Å². The molecule has 184 valence electrons. The van der Waals surface area contributed by atoms with E-state index in [4.69, 9.17) is 10.5 Å². The first-order chi connectivity index (χ1) is 14.9. The largest absolute Gasteiger partial charge is 0.444 e. The Morgan fingerprint density at radius 1 is 0.848 bits per heavy atom. The van der Waals surface area contributed by atoms with Crippen LogP contribution in [0.15, 0.2) is 48.5 Å². The molecule has 33 heavy (non-hydrogen) atoms. The molecule has 0 aromatic heterocycles. The summed E-state index contributed by atoms with van der Waals surface area (Å²) < 4.78 is 32.2. The monoisotopic (exact) mass is 466 g/mol. The van der Waals surface area contributed by atoms with Crippen LogP contribution in [-0.2, 0) is 4.74 Å². The van der Waals surface area contributed by atoms with Gasteiger partial charge in [-0.2, -0.15) is 0 Å². The highest BCUT2D eigenvalue weighted by atomic mass is 19.1. The molecule has 8 heteroatoms. The van der Waals surface area contributed by atoms with Gasteiger partial charge in [-0.15, -0.1) is 0 Å². The number of aliphatic hydroxyl groups is 2. The van der Waals surface area contributed by atoms with Gasteiger partial charge in [0.15, 0.2) is 0 Å². The predicted octanol–water partition coefficient (Wildman–Crippen LogP) is 4.76. The molecule has 2 atom stereocenters. The summed E-state index contributed by atoms with van der Waals surface area (Å²) in [6, 6.07) is 10.6. The third kappa shape index (κ3) is 9.45. The number of amides is 1. The molecule has 2 rings (SSSR count). The number of carbonyl (C=O) groups is 1. The third-order valence-electron chi connectivity index (χ3n) is 4.59. The van der Waals surface area contributed by atoms with Gasteiger partial charge in [-0.1, -0.05) is 36.4 Å². The van der Waals surface area contributed by atoms with Gasteiger partial charge in [0.25, 0.3) is 0 Å². The molecule has 0 radical (unpaired) electrons. The fraction of sp³-hybridized carbons (Fsp3) is 0.480. The van der Waals surface area contributed by atoms with Gasteiger partial charge in [-0.3, -0.25) is 0 Å². The van der Waals surface area contributed by atoms with Gasteiger partial charge in [-0.25, -0.2) is 13.6 Å². The molecule has 0 spiro atoms. The maximum absolute atomic E-state index is 13.9. The Hall–Kier alpha value is -2.55. The summed E-state index contributed by atoms with van der Waals surface area (Å²) in [5, 5.41) is 22.3. The molecule has 0 fully saturated rings. The maximum atomic E-state index is 13.9. The van der Waals surface area contributed by atoms with Gasteiger partial charge >= 0.3 is 6.09 Å². The molecule has 1 amide bonds. The summed E-state index contributed by atoms with van der Waals surface area (Å²) in [6.45, 7) is 11.3. The minimum Gasteiger partial charge on any atom is -0.444 e. The minimum atomic E-state index is -1.33. The number of hydrogen-bond acceptors (Lipinski definition) is 5. The van der Waals surface area contributed by atoms with E-state index in [1.54, 1.807) is 65.0 Å². The summed E-state index contributed by atoms with van der Waals surface area (Å²) >= 11 is 0. The summed E-state index contributed by atoms with van der Waals surface area (Å²) in [6.07, 6.45) is -0.701. The third-order valence-corrected chi connectivity index (χ3v) is 4.59. The zero-order chi connectivity index (χ0) is 25.6. The average Bonchev–Trinajstić information content (AvgIpc) is 2.64. The van der Waals surface area contributed by atoms with Crippen molar-refractivity contribution in [2.75, 3.05) is 0 Å². The van der Waals surface area contributed by atoms with Crippen LogP contribution in [0, 0.1) is 11.6 Å². The number of halogens is 2. The van der Waals surface area contributed by atoms with Crippen molar-refractivity contribution in [3.63, 3.8) is 0 Å². The van der Waals surface area contributed by atoms with E-state index in [1.165, 1.54) is 32.0 Å². The zero-order valence-electron chi connectivity index (χ0n) is 20.3. The SMILES string of the molecule is CC(C)(C)OC(=O)NC(c1ccccc1F)C(C)(C)O.CC(C)(O)C(N)c1ccccc1F. The van der Waals surface area contributed by atoms with E-state index < -0.39 is 40.8 Å². The summed E-state index contributed by atoms with van der Waals surface area (Å²) in [5.74, 6) is -0.868. The Kier molecular flexibility index (Phi) is 9.54. The molecule has 6 nitrogen and oxygen atoms in total. The lowest BCUT2D eigenvalue weighted by atomic mass is 9.91. The van der Waals surface area contributed by atoms with Crippen molar-refractivity contribution in [2.24, 2.45) is 5.73 Å². The second kappa shape index (κ2) is 11.0. The highest BCUT2D eigenvalue weighted by molar-refractivity contribution is 5.68. The topological polar surface area (TPSA) is 105 Å². The molecule has 0 aliphatic carbocycles. The standard InChI is InChI=1S/C15H22FNO3.C10H14FNO/c1-14(2,3)20-13(18)17-12(15(4,5)19)10-8-6-7-9-11(10)16;1-10(2,13)9(12)7-5-3-4-6-8(7)11/h6-9,12,19H,1-5H3,(H,17,18);3-6,9,13H,12H2,1-2H3. The molecule has 2 aromatic rings. The number of nitrogens with two attached hydrogens (primary N) is 1. The number of alkyl carbamates (subject to hydrolysis) is 1. The quantitative estimate of drug-likeness (QED) is 0.509. The van der Waals surface area contributed by atoms with E-state index >= 15 is 0 Å². The molecule has 0 bridgehead atoms. The van der Waals surface area contributed by atoms with Crippen LogP contribution in [0.4, 0.5) is 13.6 Å². The smallest absolute Gasteiger partial charge is 0.408 e. The van der Waals surface area contributed by atoms with E-state index in [1.807, 2.05) is 0 Å². The first-order valence-corrected chi connectivity index (χ1v) is 10.6. The van der Waals surface area contributed by atoms with Crippen molar-refractivity contribution in [3.05, 3.63) is 71.3 Å². The van der Waals surface area contributed by atoms with Crippen molar-refractivity contribution < 1.29 is 28.5 Å². The number of ether oxygens (including phenoxy) is 1. The Morgan fingerprint density at radius 2 is 1.27 bits per heavy atom. The van der Waals surface area contributed by atoms with Crippen LogP contribution in [0.2, 0.25) is 0 Å². The van der Waals surface area contributed by atoms with E-state index in [-0.39, 0.29) is 11.4 Å². The predicted molar refractivity (Wildman–Crippen MR) is 124 cm³/mol. The number of rotatable bonds is 5. The lowest BCUT2D eigenvalue weighted by Crippen LogP contribution is -2.44. The van der Waals surface area contributed by atoms with Crippen molar-refractivity contribution >= 4 is 6.09 Å². The zero-order valence-corrected chi connectivity index (χ0v) is 20.3. The number of hydrogen-bond donors (Lipinski definition) is 4. The van der Waals surface area contributed by atoms with Gasteiger partial charge in [0.05, 0.1) is 23.3 Å². The molecule has 0 saturated heterocycles. The number of carbonyl (C=O) groups excluding carboxylic acids is 1. The molecule has 0 aliphatic heterocycles. The minimum absolute atomic E-state index is 0.214. The highest BCUT2D eigenvalue weighted by Gasteiger charge is 2.33. The van der Waals surface area contributed by atoms with Gasteiger partial charge in [-0.05, 0) is 60.6 Å². The fourth-order valence-electron chi connectivity index (χ4n) is 2.88. The van der Waals surface area contributed by atoms with Crippen LogP contribution in [0.5, 0.6) is 0 Å². The molecule has 2 aromatic carbocycles. The van der Waals surface area contributed by atoms with Crippen LogP contribution in [0.3, 0.4) is 0 Å². The van der Waals surface area contributed by atoms with Gasteiger partial charge in [0.1, 0.15) is 17.2 Å². The maximum Gasteiger partial charge on any atom is 0.408 e. The van der Waals surface area contributed by atoms with Crippen LogP contribution in [0.1, 0.15) is 71.7 Å². The molecule has 5 N–H and O–H groups in total. The van der Waals surface area contributed by atoms with Crippen molar-refractivity contribution in [1.82, 2.24) is 5.32 Å². The Labute approximate surface area is 194 Å². The van der Waals surface area contributed by atoms with Crippen LogP contribution >= 0.6 is 0 Å². The first-order valence-electron chi connectivity index (χ1n) is 10.6. The molecule has 2 unspecified atom stereocenters. The van der Waals surface area contributed by atoms with E-state index in [0.29, 0.717) is 5.56 Å². The molecule has 0 saturated carbocycles. The first kappa shape index (κ1) is 28.5. The van der Waals surface area contributed by atoms with Crippen molar-refractivity contribution in [1.29, 1.82) is 0 Å². The second-order valence-electron chi connectivity index (χ2n) is 9.91. The number of nitrogens with one attached hydrogen (secondary N) is 1. The number of benzene rings is 2. The lowest BCUT2D eigenvalue weighted by Gasteiger charge is -2.31. The lowest BCUT2D eigenvalue weighted by molar-refractivity contribution is 0.0155. The molecule has 0 aliphatic rings. The summed E-state index contributed by atoms with van der Waals surface area (Å²) in [5.41, 5.74) is 3.13. The fourth-order valence-corrected chi connectivity index (χ4v) is 2.88. The van der Waals surface area contributed by atoms with E-state index in [9.17, 15) is 23.8 Å². The Bertz CT molecular complexity index is 916. The average molecular weight is 467 g/mol. The van der Waals surface area contributed by atoms with E-state index in [2.05, 4.69) is 5.32 Å². The van der Waals surface area contributed by atoms with Gasteiger partial charge in [0, 0.05) is 11.1 Å². The summed E-state index contributed by atoms with van der Waals surface area (Å²) in [4.78, 5) is 11.8. The Morgan fingerprint density at radius 3 is 1.64 bits per heavy atom. The van der Waals surface area contributed by atoms with Crippen LogP contribution in [0.25, 0.3) is 0 Å². The molecular weight excluding hydrogens is 430 g/mol. The highest BCUT2D eigenvalue weighted by Crippen LogP contribution is 2.28. The van der Waals surface area contributed by atoms with E-state index in [0.717, 1.165) is 0 Å². The Balaban J connectivity index is 0.000000361. The van der Waals surface area contributed by atoms with Gasteiger partial charge in [0.2, 0.25) is 0 Å². The molecule has 0 heterocycles. The van der Waals surface area contributed by atoms with Crippen molar-refractivity contribution in [3.8, 4) is 0 Å². The second-order valence-corrected chi connectivity index (χ2v) is 9.91.